The predicted octanol–water partition coefficient (Wildman–Crippen LogP) is 1.96. The van der Waals surface area contributed by atoms with Gasteiger partial charge in [0.05, 0.1) is 0 Å². The van der Waals surface area contributed by atoms with Crippen molar-refractivity contribution in [2.75, 3.05) is 27.7 Å². The summed E-state index contributed by atoms with van der Waals surface area (Å²) < 4.78 is 0. The standard InChI is InChI=1S/C12H26N2/c1-5-10(9-13-2)12(14(3)4)11-7-6-8-11/h10-13H,5-9H2,1-4H3. The third-order valence-corrected chi connectivity index (χ3v) is 3.70. The van der Waals surface area contributed by atoms with Crippen LogP contribution in [0.4, 0.5) is 0 Å². The summed E-state index contributed by atoms with van der Waals surface area (Å²) in [7, 11) is 6.54. The molecule has 0 aliphatic heterocycles. The Morgan fingerprint density at radius 2 is 2.00 bits per heavy atom. The van der Waals surface area contributed by atoms with Gasteiger partial charge in [0.15, 0.2) is 0 Å². The van der Waals surface area contributed by atoms with Crippen LogP contribution in [0, 0.1) is 11.8 Å². The Labute approximate surface area is 89.1 Å². The normalized spacial score (nSPS) is 22.1. The highest BCUT2D eigenvalue weighted by Gasteiger charge is 2.33. The first kappa shape index (κ1) is 12.0. The summed E-state index contributed by atoms with van der Waals surface area (Å²) in [5.74, 6) is 1.78. The third kappa shape index (κ3) is 2.71. The second kappa shape index (κ2) is 5.72. The molecule has 1 aliphatic carbocycles. The summed E-state index contributed by atoms with van der Waals surface area (Å²) in [6.07, 6.45) is 5.64. The average Bonchev–Trinajstić information content (AvgIpc) is 2.07. The molecule has 2 heteroatoms. The molecule has 0 radical (unpaired) electrons. The van der Waals surface area contributed by atoms with E-state index in [2.05, 4.69) is 38.3 Å². The largest absolute Gasteiger partial charge is 0.319 e. The highest BCUT2D eigenvalue weighted by atomic mass is 15.1. The molecule has 0 aromatic heterocycles. The molecule has 0 aromatic rings. The van der Waals surface area contributed by atoms with E-state index in [0.29, 0.717) is 0 Å². The van der Waals surface area contributed by atoms with E-state index in [1.807, 2.05) is 0 Å². The molecule has 0 bridgehead atoms. The molecule has 1 fully saturated rings. The van der Waals surface area contributed by atoms with Gasteiger partial charge in [-0.15, -0.1) is 0 Å². The van der Waals surface area contributed by atoms with Crippen molar-refractivity contribution in [1.29, 1.82) is 0 Å². The lowest BCUT2D eigenvalue weighted by Crippen LogP contribution is -2.46. The van der Waals surface area contributed by atoms with Crippen LogP contribution >= 0.6 is 0 Å². The maximum absolute atomic E-state index is 3.33. The molecule has 0 aromatic carbocycles. The summed E-state index contributed by atoms with van der Waals surface area (Å²) in [6, 6.07) is 0.793. The molecule has 0 saturated heterocycles. The van der Waals surface area contributed by atoms with Gasteiger partial charge in [0, 0.05) is 6.04 Å². The van der Waals surface area contributed by atoms with E-state index in [1.165, 1.54) is 25.7 Å². The monoisotopic (exact) mass is 198 g/mol. The summed E-state index contributed by atoms with van der Waals surface area (Å²) in [4.78, 5) is 2.44. The van der Waals surface area contributed by atoms with Gasteiger partial charge in [-0.25, -0.2) is 0 Å². The molecular formula is C12H26N2. The maximum atomic E-state index is 3.33. The third-order valence-electron chi connectivity index (χ3n) is 3.70. The zero-order chi connectivity index (χ0) is 10.6. The average molecular weight is 198 g/mol. The van der Waals surface area contributed by atoms with Gasteiger partial charge in [-0.05, 0) is 52.4 Å². The van der Waals surface area contributed by atoms with Crippen LogP contribution in [-0.2, 0) is 0 Å². The first-order valence-corrected chi connectivity index (χ1v) is 6.01. The molecule has 1 rings (SSSR count). The molecular weight excluding hydrogens is 172 g/mol. The van der Waals surface area contributed by atoms with Crippen molar-refractivity contribution in [1.82, 2.24) is 10.2 Å². The van der Waals surface area contributed by atoms with E-state index in [-0.39, 0.29) is 0 Å². The van der Waals surface area contributed by atoms with Gasteiger partial charge in [-0.3, -0.25) is 0 Å². The van der Waals surface area contributed by atoms with E-state index >= 15 is 0 Å². The van der Waals surface area contributed by atoms with E-state index in [9.17, 15) is 0 Å². The molecule has 2 nitrogen and oxygen atoms in total. The lowest BCUT2D eigenvalue weighted by Gasteiger charge is -2.42. The molecule has 0 spiro atoms. The molecule has 84 valence electrons. The molecule has 14 heavy (non-hydrogen) atoms. The van der Waals surface area contributed by atoms with Crippen LogP contribution in [0.15, 0.2) is 0 Å². The lowest BCUT2D eigenvalue weighted by molar-refractivity contribution is 0.0870. The van der Waals surface area contributed by atoms with Crippen molar-refractivity contribution < 1.29 is 0 Å². The Balaban J connectivity index is 2.53. The maximum Gasteiger partial charge on any atom is 0.0158 e. The van der Waals surface area contributed by atoms with Crippen molar-refractivity contribution in [3.63, 3.8) is 0 Å². The van der Waals surface area contributed by atoms with Crippen LogP contribution in [0.3, 0.4) is 0 Å². The smallest absolute Gasteiger partial charge is 0.0158 e. The molecule has 1 aliphatic rings. The highest BCUT2D eigenvalue weighted by Crippen LogP contribution is 2.35. The fourth-order valence-corrected chi connectivity index (χ4v) is 2.78. The molecule has 0 amide bonds. The van der Waals surface area contributed by atoms with Crippen LogP contribution in [0.2, 0.25) is 0 Å². The number of rotatable bonds is 6. The summed E-state index contributed by atoms with van der Waals surface area (Å²) in [5, 5.41) is 3.33. The van der Waals surface area contributed by atoms with Gasteiger partial charge in [-0.2, -0.15) is 0 Å². The Morgan fingerprint density at radius 3 is 2.29 bits per heavy atom. The quantitative estimate of drug-likeness (QED) is 0.702. The zero-order valence-electron chi connectivity index (χ0n) is 10.2. The van der Waals surface area contributed by atoms with Gasteiger partial charge >= 0.3 is 0 Å². The van der Waals surface area contributed by atoms with Gasteiger partial charge in [0.2, 0.25) is 0 Å². The Kier molecular flexibility index (Phi) is 4.90. The molecule has 1 N–H and O–H groups in total. The van der Waals surface area contributed by atoms with Gasteiger partial charge in [0.25, 0.3) is 0 Å². The second-order valence-corrected chi connectivity index (χ2v) is 4.87. The fourth-order valence-electron chi connectivity index (χ4n) is 2.78. The molecule has 2 unspecified atom stereocenters. The van der Waals surface area contributed by atoms with Crippen LogP contribution in [0.5, 0.6) is 0 Å². The van der Waals surface area contributed by atoms with Crippen molar-refractivity contribution in [3.8, 4) is 0 Å². The summed E-state index contributed by atoms with van der Waals surface area (Å²) in [5.41, 5.74) is 0. The molecule has 1 saturated carbocycles. The molecule has 2 atom stereocenters. The predicted molar refractivity (Wildman–Crippen MR) is 62.5 cm³/mol. The van der Waals surface area contributed by atoms with E-state index in [0.717, 1.165) is 24.4 Å². The number of nitrogens with one attached hydrogen (secondary N) is 1. The zero-order valence-corrected chi connectivity index (χ0v) is 10.2. The van der Waals surface area contributed by atoms with E-state index in [1.54, 1.807) is 0 Å². The first-order valence-electron chi connectivity index (χ1n) is 6.01. The summed E-state index contributed by atoms with van der Waals surface area (Å²) >= 11 is 0. The minimum Gasteiger partial charge on any atom is -0.319 e. The Bertz CT molecular complexity index is 152. The topological polar surface area (TPSA) is 15.3 Å². The molecule has 0 heterocycles. The number of nitrogens with zero attached hydrogens (tertiary/aromatic N) is 1. The van der Waals surface area contributed by atoms with Crippen LogP contribution in [-0.4, -0.2) is 38.6 Å². The SMILES string of the molecule is CCC(CNC)C(C1CCC1)N(C)C. The fraction of sp³-hybridized carbons (Fsp3) is 1.00. The van der Waals surface area contributed by atoms with Crippen LogP contribution in [0.25, 0.3) is 0 Å². The number of hydrogen-bond acceptors (Lipinski definition) is 2. The van der Waals surface area contributed by atoms with Crippen molar-refractivity contribution in [2.45, 2.75) is 38.6 Å². The van der Waals surface area contributed by atoms with Gasteiger partial charge in [0.1, 0.15) is 0 Å². The van der Waals surface area contributed by atoms with Crippen LogP contribution in [0.1, 0.15) is 32.6 Å². The van der Waals surface area contributed by atoms with Gasteiger partial charge in [-0.1, -0.05) is 19.8 Å². The summed E-state index contributed by atoms with van der Waals surface area (Å²) in [6.45, 7) is 3.48. The second-order valence-electron chi connectivity index (χ2n) is 4.87. The van der Waals surface area contributed by atoms with Crippen molar-refractivity contribution in [2.24, 2.45) is 11.8 Å². The van der Waals surface area contributed by atoms with Crippen molar-refractivity contribution >= 4 is 0 Å². The Hall–Kier alpha value is -0.0800. The Morgan fingerprint density at radius 1 is 1.36 bits per heavy atom. The minimum atomic E-state index is 0.793. The lowest BCUT2D eigenvalue weighted by atomic mass is 9.73. The number of hydrogen-bond donors (Lipinski definition) is 1. The minimum absolute atomic E-state index is 0.793. The van der Waals surface area contributed by atoms with Crippen molar-refractivity contribution in [3.05, 3.63) is 0 Å². The van der Waals surface area contributed by atoms with E-state index < -0.39 is 0 Å². The van der Waals surface area contributed by atoms with Gasteiger partial charge < -0.3 is 10.2 Å². The highest BCUT2D eigenvalue weighted by molar-refractivity contribution is 4.87. The first-order chi connectivity index (χ1) is 6.70. The van der Waals surface area contributed by atoms with E-state index in [4.69, 9.17) is 0 Å². The van der Waals surface area contributed by atoms with Crippen LogP contribution < -0.4 is 5.32 Å².